The van der Waals surface area contributed by atoms with Crippen LogP contribution in [-0.4, -0.2) is 60.2 Å². The predicted octanol–water partition coefficient (Wildman–Crippen LogP) is -0.615. The molecule has 0 radical (unpaired) electrons. The van der Waals surface area contributed by atoms with E-state index in [9.17, 15) is 16.8 Å². The number of sulfone groups is 1. The second-order valence-corrected chi connectivity index (χ2v) is 9.17. The van der Waals surface area contributed by atoms with Crippen molar-refractivity contribution in [1.82, 2.24) is 19.3 Å². The Balaban J connectivity index is 2.42. The summed E-state index contributed by atoms with van der Waals surface area (Å²) in [7, 11) is -5.52. The molecule has 0 amide bonds. The molecule has 108 valence electrons. The van der Waals surface area contributed by atoms with Crippen LogP contribution in [0, 0.1) is 0 Å². The number of aromatic nitrogens is 3. The lowest BCUT2D eigenvalue weighted by molar-refractivity contribution is 0.353. The van der Waals surface area contributed by atoms with Crippen LogP contribution in [0.5, 0.6) is 0 Å². The monoisotopic (exact) mass is 372 g/mol. The minimum absolute atomic E-state index is 0.0521. The zero-order valence-corrected chi connectivity index (χ0v) is 13.5. The molecule has 1 atom stereocenters. The number of halogens is 1. The van der Waals surface area contributed by atoms with Gasteiger partial charge in [0, 0.05) is 19.6 Å². The Morgan fingerprint density at radius 2 is 2.05 bits per heavy atom. The lowest BCUT2D eigenvalue weighted by Crippen LogP contribution is -2.50. The number of hydrogen-bond acceptors (Lipinski definition) is 6. The van der Waals surface area contributed by atoms with E-state index in [1.54, 1.807) is 6.92 Å². The van der Waals surface area contributed by atoms with Gasteiger partial charge in [0.15, 0.2) is 14.4 Å². The van der Waals surface area contributed by atoms with Gasteiger partial charge in [-0.15, -0.1) is 5.10 Å². The molecule has 2 rings (SSSR count). The molecule has 1 unspecified atom stereocenters. The Morgan fingerprint density at radius 3 is 2.53 bits per heavy atom. The van der Waals surface area contributed by atoms with Crippen molar-refractivity contribution < 1.29 is 16.8 Å². The van der Waals surface area contributed by atoms with Gasteiger partial charge in [0.25, 0.3) is 10.0 Å². The van der Waals surface area contributed by atoms with Gasteiger partial charge in [0.1, 0.15) is 0 Å². The molecule has 0 spiro atoms. The molecule has 1 aromatic heterocycles. The van der Waals surface area contributed by atoms with E-state index < -0.39 is 25.9 Å². The Bertz CT molecular complexity index is 677. The highest BCUT2D eigenvalue weighted by Gasteiger charge is 2.39. The molecule has 8 nitrogen and oxygen atoms in total. The van der Waals surface area contributed by atoms with Crippen molar-refractivity contribution in [3.63, 3.8) is 0 Å². The molecule has 0 aliphatic carbocycles. The zero-order valence-electron chi connectivity index (χ0n) is 10.3. The van der Waals surface area contributed by atoms with E-state index in [2.05, 4.69) is 26.2 Å². The van der Waals surface area contributed by atoms with Gasteiger partial charge in [-0.3, -0.25) is 0 Å². The molecule has 1 saturated heterocycles. The number of sulfonamides is 1. The molecular weight excluding hydrogens is 360 g/mol. The highest BCUT2D eigenvalue weighted by Crippen LogP contribution is 2.25. The van der Waals surface area contributed by atoms with Gasteiger partial charge < -0.3 is 0 Å². The number of aryl methyl sites for hydroxylation is 1. The molecule has 1 aliphatic heterocycles. The van der Waals surface area contributed by atoms with Crippen molar-refractivity contribution in [2.75, 3.05) is 18.1 Å². The normalized spacial score (nSPS) is 24.5. The highest BCUT2D eigenvalue weighted by molar-refractivity contribution is 9.10. The summed E-state index contributed by atoms with van der Waals surface area (Å²) in [6.07, 6.45) is 0. The Labute approximate surface area is 119 Å². The lowest BCUT2D eigenvalue weighted by Gasteiger charge is -2.31. The van der Waals surface area contributed by atoms with Crippen LogP contribution in [0.1, 0.15) is 6.92 Å². The largest absolute Gasteiger partial charge is 0.263 e. The first-order valence-corrected chi connectivity index (χ1v) is 9.48. The van der Waals surface area contributed by atoms with Crippen LogP contribution in [-0.2, 0) is 26.9 Å². The molecule has 1 aliphatic rings. The summed E-state index contributed by atoms with van der Waals surface area (Å²) in [6, 6.07) is -0.606. The van der Waals surface area contributed by atoms with Gasteiger partial charge in [0.05, 0.1) is 11.5 Å². The smallest absolute Gasteiger partial charge is 0.235 e. The second kappa shape index (κ2) is 4.79. The van der Waals surface area contributed by atoms with E-state index >= 15 is 0 Å². The van der Waals surface area contributed by atoms with Crippen LogP contribution in [0.25, 0.3) is 0 Å². The molecular formula is C8H13BrN4O4S2. The second-order valence-electron chi connectivity index (χ2n) is 4.39. The summed E-state index contributed by atoms with van der Waals surface area (Å²) >= 11 is 3.04. The van der Waals surface area contributed by atoms with Crippen LogP contribution in [0.2, 0.25) is 0 Å². The summed E-state index contributed by atoms with van der Waals surface area (Å²) in [6.45, 7) is 1.52. The molecule has 1 aromatic rings. The van der Waals surface area contributed by atoms with Crippen molar-refractivity contribution >= 4 is 35.8 Å². The molecule has 0 saturated carbocycles. The molecule has 1 fully saturated rings. The quantitative estimate of drug-likeness (QED) is 0.685. The molecule has 0 N–H and O–H groups in total. The minimum atomic E-state index is -3.82. The molecule has 11 heteroatoms. The maximum Gasteiger partial charge on any atom is 0.263 e. The van der Waals surface area contributed by atoms with Gasteiger partial charge in [-0.2, -0.15) is 4.31 Å². The average molecular weight is 373 g/mol. The number of hydrogen-bond donors (Lipinski definition) is 0. The molecule has 0 bridgehead atoms. The van der Waals surface area contributed by atoms with Crippen molar-refractivity contribution in [3.05, 3.63) is 4.60 Å². The first-order valence-electron chi connectivity index (χ1n) is 5.42. The Kier molecular flexibility index (Phi) is 3.75. The van der Waals surface area contributed by atoms with E-state index in [4.69, 9.17) is 0 Å². The zero-order chi connectivity index (χ0) is 14.4. The molecule has 19 heavy (non-hydrogen) atoms. The predicted molar refractivity (Wildman–Crippen MR) is 70.7 cm³/mol. The van der Waals surface area contributed by atoms with Gasteiger partial charge in [-0.25, -0.2) is 21.5 Å². The molecule has 0 aromatic carbocycles. The van der Waals surface area contributed by atoms with Crippen LogP contribution < -0.4 is 0 Å². The SMILES string of the molecule is CC1CS(=O)(=O)CCN1S(=O)(=O)c1c(Br)nnn1C. The third-order valence-corrected chi connectivity index (χ3v) is 7.60. The van der Waals surface area contributed by atoms with E-state index in [-0.39, 0.29) is 27.7 Å². The fourth-order valence-corrected chi connectivity index (χ4v) is 6.48. The fourth-order valence-electron chi connectivity index (χ4n) is 2.05. The minimum Gasteiger partial charge on any atom is -0.235 e. The number of rotatable bonds is 2. The first-order chi connectivity index (χ1) is 8.65. The summed E-state index contributed by atoms with van der Waals surface area (Å²) < 4.78 is 50.5. The maximum absolute atomic E-state index is 12.5. The Hall–Kier alpha value is -0.520. The first kappa shape index (κ1) is 14.9. The topological polar surface area (TPSA) is 102 Å². The van der Waals surface area contributed by atoms with Gasteiger partial charge in [0.2, 0.25) is 5.03 Å². The van der Waals surface area contributed by atoms with Crippen LogP contribution in [0.15, 0.2) is 9.63 Å². The maximum atomic E-state index is 12.5. The van der Waals surface area contributed by atoms with Crippen molar-refractivity contribution in [2.45, 2.75) is 18.0 Å². The van der Waals surface area contributed by atoms with E-state index in [1.165, 1.54) is 11.4 Å². The highest BCUT2D eigenvalue weighted by atomic mass is 79.9. The van der Waals surface area contributed by atoms with Crippen LogP contribution >= 0.6 is 15.9 Å². The van der Waals surface area contributed by atoms with Gasteiger partial charge in [-0.1, -0.05) is 5.21 Å². The van der Waals surface area contributed by atoms with Gasteiger partial charge >= 0.3 is 0 Å². The van der Waals surface area contributed by atoms with Crippen LogP contribution in [0.4, 0.5) is 0 Å². The molecule has 2 heterocycles. The summed E-state index contributed by atoms with van der Waals surface area (Å²) in [4.78, 5) is 0. The third-order valence-electron chi connectivity index (χ3n) is 2.90. The summed E-state index contributed by atoms with van der Waals surface area (Å²) in [5, 5.41) is 7.19. The third kappa shape index (κ3) is 2.69. The fraction of sp³-hybridized carbons (Fsp3) is 0.750. The number of nitrogens with zero attached hydrogens (tertiary/aromatic N) is 4. The standard InChI is InChI=1S/C8H13BrN4O4S2/c1-6-5-18(14,15)4-3-13(6)19(16,17)8-7(9)10-11-12(8)2/h6H,3-5H2,1-2H3. The average Bonchev–Trinajstić information content (AvgIpc) is 2.56. The lowest BCUT2D eigenvalue weighted by atomic mass is 10.4. The van der Waals surface area contributed by atoms with E-state index in [1.807, 2.05) is 0 Å². The van der Waals surface area contributed by atoms with Crippen molar-refractivity contribution in [2.24, 2.45) is 7.05 Å². The Morgan fingerprint density at radius 1 is 1.42 bits per heavy atom. The van der Waals surface area contributed by atoms with Crippen molar-refractivity contribution in [1.29, 1.82) is 0 Å². The van der Waals surface area contributed by atoms with E-state index in [0.717, 1.165) is 4.68 Å². The van der Waals surface area contributed by atoms with Crippen molar-refractivity contribution in [3.8, 4) is 0 Å². The van der Waals surface area contributed by atoms with Crippen LogP contribution in [0.3, 0.4) is 0 Å². The van der Waals surface area contributed by atoms with E-state index in [0.29, 0.717) is 0 Å². The van der Waals surface area contributed by atoms with Gasteiger partial charge in [-0.05, 0) is 22.9 Å². The summed E-state index contributed by atoms with van der Waals surface area (Å²) in [5.41, 5.74) is 0. The summed E-state index contributed by atoms with van der Waals surface area (Å²) in [5.74, 6) is -0.339.